The molecule has 0 saturated carbocycles. The lowest BCUT2D eigenvalue weighted by molar-refractivity contribution is 0.0948. The van der Waals surface area contributed by atoms with Crippen molar-refractivity contribution in [2.75, 3.05) is 20.1 Å². The molecule has 1 atom stereocenters. The molecule has 0 radical (unpaired) electrons. The number of hydrogen-bond acceptors (Lipinski definition) is 3. The number of carbonyl (C=O) groups excluding carboxylic acids is 1. The zero-order chi connectivity index (χ0) is 10.4. The van der Waals surface area contributed by atoms with Gasteiger partial charge in [-0.2, -0.15) is 11.3 Å². The first kappa shape index (κ1) is 11.2. The van der Waals surface area contributed by atoms with Crippen LogP contribution >= 0.6 is 11.3 Å². The smallest absolute Gasteiger partial charge is 0.252 e. The Bertz CT molecular complexity index is 272. The third-order valence-electron chi connectivity index (χ3n) is 1.95. The third kappa shape index (κ3) is 3.47. The monoisotopic (exact) mass is 212 g/mol. The highest BCUT2D eigenvalue weighted by Gasteiger charge is 2.06. The molecular weight excluding hydrogens is 196 g/mol. The van der Waals surface area contributed by atoms with Gasteiger partial charge in [0.1, 0.15) is 0 Å². The summed E-state index contributed by atoms with van der Waals surface area (Å²) < 4.78 is 0. The van der Waals surface area contributed by atoms with Crippen LogP contribution in [0.2, 0.25) is 0 Å². The minimum Gasteiger partial charge on any atom is -0.352 e. The maximum absolute atomic E-state index is 11.5. The molecule has 0 fully saturated rings. The van der Waals surface area contributed by atoms with Gasteiger partial charge in [0.2, 0.25) is 0 Å². The third-order valence-corrected chi connectivity index (χ3v) is 2.63. The van der Waals surface area contributed by atoms with Gasteiger partial charge >= 0.3 is 0 Å². The van der Waals surface area contributed by atoms with E-state index in [9.17, 15) is 4.79 Å². The van der Waals surface area contributed by atoms with Crippen LogP contribution in [0.5, 0.6) is 0 Å². The highest BCUT2D eigenvalue weighted by molar-refractivity contribution is 7.08. The van der Waals surface area contributed by atoms with E-state index in [-0.39, 0.29) is 5.91 Å². The molecule has 0 aliphatic heterocycles. The van der Waals surface area contributed by atoms with Crippen molar-refractivity contribution >= 4 is 17.2 Å². The predicted octanol–water partition coefficient (Wildman–Crippen LogP) is 1.33. The molecule has 0 aromatic carbocycles. The molecule has 0 spiro atoms. The van der Waals surface area contributed by atoms with Gasteiger partial charge in [-0.1, -0.05) is 6.92 Å². The van der Waals surface area contributed by atoms with E-state index in [2.05, 4.69) is 17.6 Å². The quantitative estimate of drug-likeness (QED) is 0.773. The molecule has 1 heterocycles. The second-order valence-corrected chi connectivity index (χ2v) is 4.16. The van der Waals surface area contributed by atoms with Crippen LogP contribution < -0.4 is 10.6 Å². The highest BCUT2D eigenvalue weighted by Crippen LogP contribution is 2.05. The van der Waals surface area contributed by atoms with Gasteiger partial charge in [-0.25, -0.2) is 0 Å². The second-order valence-electron chi connectivity index (χ2n) is 3.38. The van der Waals surface area contributed by atoms with Gasteiger partial charge in [0.15, 0.2) is 0 Å². The molecule has 0 aliphatic rings. The lowest BCUT2D eigenvalue weighted by Crippen LogP contribution is -2.31. The Morgan fingerprint density at radius 3 is 2.93 bits per heavy atom. The molecule has 1 aromatic heterocycles. The maximum atomic E-state index is 11.5. The second kappa shape index (κ2) is 5.78. The van der Waals surface area contributed by atoms with Crippen molar-refractivity contribution in [1.82, 2.24) is 10.6 Å². The number of hydrogen-bond donors (Lipinski definition) is 2. The summed E-state index contributed by atoms with van der Waals surface area (Å²) in [5.74, 6) is 0.483. The molecule has 4 heteroatoms. The normalized spacial score (nSPS) is 12.4. The molecule has 1 aromatic rings. The molecule has 1 rings (SSSR count). The van der Waals surface area contributed by atoms with Crippen molar-refractivity contribution in [2.45, 2.75) is 6.92 Å². The first-order valence-electron chi connectivity index (χ1n) is 4.69. The number of nitrogens with one attached hydrogen (secondary N) is 2. The predicted molar refractivity (Wildman–Crippen MR) is 59.7 cm³/mol. The lowest BCUT2D eigenvalue weighted by atomic mass is 10.2. The van der Waals surface area contributed by atoms with Crippen molar-refractivity contribution in [3.05, 3.63) is 22.4 Å². The summed E-state index contributed by atoms with van der Waals surface area (Å²) in [7, 11) is 1.91. The first-order valence-corrected chi connectivity index (χ1v) is 5.63. The van der Waals surface area contributed by atoms with Crippen LogP contribution in [0.3, 0.4) is 0 Å². The zero-order valence-corrected chi connectivity index (χ0v) is 9.36. The Balaban J connectivity index is 2.28. The first-order chi connectivity index (χ1) is 6.74. The van der Waals surface area contributed by atoms with Crippen LogP contribution in [0.25, 0.3) is 0 Å². The fraction of sp³-hybridized carbons (Fsp3) is 0.500. The summed E-state index contributed by atoms with van der Waals surface area (Å²) in [6.45, 7) is 3.74. The van der Waals surface area contributed by atoms with E-state index in [1.807, 2.05) is 23.9 Å². The summed E-state index contributed by atoms with van der Waals surface area (Å²) in [6, 6.07) is 1.84. The summed E-state index contributed by atoms with van der Waals surface area (Å²) in [6.07, 6.45) is 0. The number of thiophene rings is 1. The van der Waals surface area contributed by atoms with E-state index in [0.29, 0.717) is 5.92 Å². The van der Waals surface area contributed by atoms with E-state index in [4.69, 9.17) is 0 Å². The molecule has 0 aliphatic carbocycles. The number of amides is 1. The summed E-state index contributed by atoms with van der Waals surface area (Å²) >= 11 is 1.54. The standard InChI is InChI=1S/C10H16N2OS/c1-8(5-11-2)6-12-10(13)9-3-4-14-7-9/h3-4,7-8,11H,5-6H2,1-2H3,(H,12,13). The van der Waals surface area contributed by atoms with Gasteiger partial charge in [-0.05, 0) is 31.0 Å². The minimum absolute atomic E-state index is 0.0224. The molecular formula is C10H16N2OS. The topological polar surface area (TPSA) is 41.1 Å². The summed E-state index contributed by atoms with van der Waals surface area (Å²) in [4.78, 5) is 11.5. The number of rotatable bonds is 5. The van der Waals surface area contributed by atoms with Crippen LogP contribution in [-0.4, -0.2) is 26.0 Å². The SMILES string of the molecule is CNCC(C)CNC(=O)c1ccsc1. The van der Waals surface area contributed by atoms with Gasteiger partial charge in [-0.15, -0.1) is 0 Å². The highest BCUT2D eigenvalue weighted by atomic mass is 32.1. The van der Waals surface area contributed by atoms with Crippen LogP contribution in [0.1, 0.15) is 17.3 Å². The van der Waals surface area contributed by atoms with Gasteiger partial charge in [-0.3, -0.25) is 4.79 Å². The Hall–Kier alpha value is -0.870. The molecule has 14 heavy (non-hydrogen) atoms. The van der Waals surface area contributed by atoms with Crippen molar-refractivity contribution in [3.63, 3.8) is 0 Å². The zero-order valence-electron chi connectivity index (χ0n) is 8.54. The average Bonchev–Trinajstić information content (AvgIpc) is 2.67. The van der Waals surface area contributed by atoms with E-state index >= 15 is 0 Å². The van der Waals surface area contributed by atoms with Crippen molar-refractivity contribution < 1.29 is 4.79 Å². The van der Waals surface area contributed by atoms with Crippen LogP contribution in [-0.2, 0) is 0 Å². The van der Waals surface area contributed by atoms with Crippen molar-refractivity contribution in [2.24, 2.45) is 5.92 Å². The van der Waals surface area contributed by atoms with Gasteiger partial charge in [0.25, 0.3) is 5.91 Å². The largest absolute Gasteiger partial charge is 0.352 e. The fourth-order valence-electron chi connectivity index (χ4n) is 1.18. The molecule has 3 nitrogen and oxygen atoms in total. The molecule has 1 unspecified atom stereocenters. The van der Waals surface area contributed by atoms with Gasteiger partial charge < -0.3 is 10.6 Å². The Morgan fingerprint density at radius 2 is 2.36 bits per heavy atom. The fourth-order valence-corrected chi connectivity index (χ4v) is 1.82. The van der Waals surface area contributed by atoms with Crippen LogP contribution in [0, 0.1) is 5.92 Å². The van der Waals surface area contributed by atoms with Gasteiger partial charge in [0, 0.05) is 17.5 Å². The van der Waals surface area contributed by atoms with Crippen molar-refractivity contribution in [1.29, 1.82) is 0 Å². The maximum Gasteiger partial charge on any atom is 0.252 e. The number of carbonyl (C=O) groups is 1. The van der Waals surface area contributed by atoms with E-state index in [0.717, 1.165) is 18.7 Å². The lowest BCUT2D eigenvalue weighted by Gasteiger charge is -2.11. The van der Waals surface area contributed by atoms with Crippen LogP contribution in [0.4, 0.5) is 0 Å². The molecule has 2 N–H and O–H groups in total. The van der Waals surface area contributed by atoms with E-state index < -0.39 is 0 Å². The van der Waals surface area contributed by atoms with Crippen LogP contribution in [0.15, 0.2) is 16.8 Å². The molecule has 0 bridgehead atoms. The van der Waals surface area contributed by atoms with E-state index in [1.165, 1.54) is 11.3 Å². The van der Waals surface area contributed by atoms with E-state index in [1.54, 1.807) is 0 Å². The Kier molecular flexibility index (Phi) is 4.62. The Labute approximate surface area is 88.5 Å². The average molecular weight is 212 g/mol. The van der Waals surface area contributed by atoms with Crippen molar-refractivity contribution in [3.8, 4) is 0 Å². The summed E-state index contributed by atoms with van der Waals surface area (Å²) in [5.41, 5.74) is 0.756. The van der Waals surface area contributed by atoms with Gasteiger partial charge in [0.05, 0.1) is 0 Å². The minimum atomic E-state index is 0.0224. The Morgan fingerprint density at radius 1 is 1.57 bits per heavy atom. The molecule has 0 saturated heterocycles. The summed E-state index contributed by atoms with van der Waals surface area (Å²) in [5, 5.41) is 9.74. The molecule has 78 valence electrons. The molecule has 1 amide bonds.